The number of carbonyl (C=O) groups excluding carboxylic acids is 1. The third-order valence-electron chi connectivity index (χ3n) is 3.76. The summed E-state index contributed by atoms with van der Waals surface area (Å²) in [4.78, 5) is 12.1. The first kappa shape index (κ1) is 21.2. The Morgan fingerprint density at radius 3 is 2.37 bits per heavy atom. The molecule has 1 N–H and O–H groups in total. The van der Waals surface area contributed by atoms with Crippen LogP contribution in [-0.4, -0.2) is 33.0 Å². The summed E-state index contributed by atoms with van der Waals surface area (Å²) in [6, 6.07) is 8.08. The SMILES string of the molecule is COc1cc(CNC(=O)CSCc2c(F)cccc2Cl)cc(OC)c1OC. The van der Waals surface area contributed by atoms with Crippen LogP contribution in [0.2, 0.25) is 5.02 Å². The molecular weight excluding hydrogens is 393 g/mol. The molecule has 2 aromatic rings. The molecule has 1 amide bonds. The van der Waals surface area contributed by atoms with Gasteiger partial charge in [-0.05, 0) is 29.8 Å². The Hall–Kier alpha value is -2.12. The number of rotatable bonds is 9. The van der Waals surface area contributed by atoms with Gasteiger partial charge in [0.1, 0.15) is 5.82 Å². The lowest BCUT2D eigenvalue weighted by molar-refractivity contribution is -0.118. The van der Waals surface area contributed by atoms with Crippen molar-refractivity contribution < 1.29 is 23.4 Å². The van der Waals surface area contributed by atoms with E-state index in [0.717, 1.165) is 5.56 Å². The second kappa shape index (κ2) is 10.3. The van der Waals surface area contributed by atoms with Crippen LogP contribution in [0, 0.1) is 5.82 Å². The predicted octanol–water partition coefficient (Wildman–Crippen LogP) is 4.05. The Kier molecular flexibility index (Phi) is 8.06. The van der Waals surface area contributed by atoms with Crippen molar-refractivity contribution in [3.05, 3.63) is 52.3 Å². The molecular formula is C19H21ClFNO4S. The predicted molar refractivity (Wildman–Crippen MR) is 106 cm³/mol. The molecule has 0 spiro atoms. The molecule has 0 atom stereocenters. The Bertz CT molecular complexity index is 758. The van der Waals surface area contributed by atoms with E-state index in [1.165, 1.54) is 39.2 Å². The van der Waals surface area contributed by atoms with Gasteiger partial charge in [-0.25, -0.2) is 4.39 Å². The van der Waals surface area contributed by atoms with Crippen LogP contribution in [-0.2, 0) is 17.1 Å². The molecule has 146 valence electrons. The molecule has 0 saturated heterocycles. The maximum atomic E-state index is 13.7. The van der Waals surface area contributed by atoms with E-state index >= 15 is 0 Å². The minimum atomic E-state index is -0.368. The van der Waals surface area contributed by atoms with Crippen molar-refractivity contribution in [2.45, 2.75) is 12.3 Å². The van der Waals surface area contributed by atoms with E-state index in [1.54, 1.807) is 24.3 Å². The van der Waals surface area contributed by atoms with Crippen LogP contribution in [0.15, 0.2) is 30.3 Å². The molecule has 0 radical (unpaired) electrons. The molecule has 0 unspecified atom stereocenters. The lowest BCUT2D eigenvalue weighted by Gasteiger charge is -2.14. The fraction of sp³-hybridized carbons (Fsp3) is 0.316. The Morgan fingerprint density at radius 1 is 1.15 bits per heavy atom. The molecule has 5 nitrogen and oxygen atoms in total. The van der Waals surface area contributed by atoms with Gasteiger partial charge in [0.2, 0.25) is 11.7 Å². The molecule has 0 fully saturated rings. The molecule has 8 heteroatoms. The maximum Gasteiger partial charge on any atom is 0.230 e. The fourth-order valence-corrected chi connectivity index (χ4v) is 3.60. The summed E-state index contributed by atoms with van der Waals surface area (Å²) in [5.41, 5.74) is 1.21. The van der Waals surface area contributed by atoms with Crippen molar-refractivity contribution in [3.8, 4) is 17.2 Å². The van der Waals surface area contributed by atoms with Crippen LogP contribution in [0.4, 0.5) is 4.39 Å². The zero-order chi connectivity index (χ0) is 19.8. The number of benzene rings is 2. The van der Waals surface area contributed by atoms with Gasteiger partial charge in [-0.3, -0.25) is 4.79 Å². The molecule has 2 rings (SSSR count). The number of hydrogen-bond donors (Lipinski definition) is 1. The van der Waals surface area contributed by atoms with Gasteiger partial charge in [0.15, 0.2) is 11.5 Å². The molecule has 0 aliphatic heterocycles. The van der Waals surface area contributed by atoms with Crippen LogP contribution < -0.4 is 19.5 Å². The number of methoxy groups -OCH3 is 3. The lowest BCUT2D eigenvalue weighted by atomic mass is 10.2. The van der Waals surface area contributed by atoms with Crippen LogP contribution in [0.3, 0.4) is 0 Å². The van der Waals surface area contributed by atoms with E-state index in [4.69, 9.17) is 25.8 Å². The first-order valence-electron chi connectivity index (χ1n) is 8.06. The van der Waals surface area contributed by atoms with Crippen molar-refractivity contribution in [1.82, 2.24) is 5.32 Å². The summed E-state index contributed by atoms with van der Waals surface area (Å²) in [5, 5.41) is 3.18. The highest BCUT2D eigenvalue weighted by Gasteiger charge is 2.14. The number of ether oxygens (including phenoxy) is 3. The molecule has 0 heterocycles. The Balaban J connectivity index is 1.90. The smallest absolute Gasteiger partial charge is 0.230 e. The summed E-state index contributed by atoms with van der Waals surface area (Å²) in [7, 11) is 4.59. The van der Waals surface area contributed by atoms with Crippen molar-refractivity contribution >= 4 is 29.3 Å². The van der Waals surface area contributed by atoms with Crippen molar-refractivity contribution in [3.63, 3.8) is 0 Å². The van der Waals surface area contributed by atoms with Crippen molar-refractivity contribution in [2.24, 2.45) is 0 Å². The number of hydrogen-bond acceptors (Lipinski definition) is 5. The van der Waals surface area contributed by atoms with Crippen LogP contribution >= 0.6 is 23.4 Å². The molecule has 27 heavy (non-hydrogen) atoms. The minimum absolute atomic E-state index is 0.166. The zero-order valence-corrected chi connectivity index (χ0v) is 16.9. The number of carbonyl (C=O) groups is 1. The van der Waals surface area contributed by atoms with Crippen molar-refractivity contribution in [1.29, 1.82) is 0 Å². The van der Waals surface area contributed by atoms with E-state index < -0.39 is 0 Å². The number of thioether (sulfide) groups is 1. The van der Waals surface area contributed by atoms with Crippen LogP contribution in [0.1, 0.15) is 11.1 Å². The van der Waals surface area contributed by atoms with Crippen LogP contribution in [0.5, 0.6) is 17.2 Å². The molecule has 0 saturated carbocycles. The van der Waals surface area contributed by atoms with Gasteiger partial charge in [0.25, 0.3) is 0 Å². The summed E-state index contributed by atoms with van der Waals surface area (Å²) >= 11 is 7.27. The summed E-state index contributed by atoms with van der Waals surface area (Å²) in [5.74, 6) is 1.51. The molecule has 0 aliphatic carbocycles. The Morgan fingerprint density at radius 2 is 1.81 bits per heavy atom. The van der Waals surface area contributed by atoms with Gasteiger partial charge >= 0.3 is 0 Å². The summed E-state index contributed by atoms with van der Waals surface area (Å²) < 4.78 is 29.6. The van der Waals surface area contributed by atoms with E-state index in [2.05, 4.69) is 5.32 Å². The molecule has 0 aliphatic rings. The normalized spacial score (nSPS) is 10.4. The summed E-state index contributed by atoms with van der Waals surface area (Å²) in [6.07, 6.45) is 0. The second-order valence-electron chi connectivity index (χ2n) is 5.50. The van der Waals surface area contributed by atoms with Gasteiger partial charge in [0.05, 0.1) is 27.1 Å². The van der Waals surface area contributed by atoms with Gasteiger partial charge in [-0.15, -0.1) is 11.8 Å². The Labute approximate surface area is 167 Å². The molecule has 0 bridgehead atoms. The first-order valence-corrected chi connectivity index (χ1v) is 9.59. The minimum Gasteiger partial charge on any atom is -0.493 e. The van der Waals surface area contributed by atoms with E-state index in [0.29, 0.717) is 40.1 Å². The van der Waals surface area contributed by atoms with E-state index in [9.17, 15) is 9.18 Å². The monoisotopic (exact) mass is 413 g/mol. The second-order valence-corrected chi connectivity index (χ2v) is 6.90. The average Bonchev–Trinajstić information content (AvgIpc) is 2.67. The summed E-state index contributed by atoms with van der Waals surface area (Å²) in [6.45, 7) is 0.302. The van der Waals surface area contributed by atoms with E-state index in [-0.39, 0.29) is 17.5 Å². The van der Waals surface area contributed by atoms with Gasteiger partial charge in [0, 0.05) is 22.9 Å². The highest BCUT2D eigenvalue weighted by atomic mass is 35.5. The average molecular weight is 414 g/mol. The standard InChI is InChI=1S/C19H21ClFNO4S/c1-24-16-7-12(8-17(25-2)19(16)26-3)9-22-18(23)11-27-10-13-14(20)5-4-6-15(13)21/h4-8H,9-11H2,1-3H3,(H,22,23). The molecule has 0 aromatic heterocycles. The fourth-order valence-electron chi connectivity index (χ4n) is 2.41. The largest absolute Gasteiger partial charge is 0.493 e. The van der Waals surface area contributed by atoms with Gasteiger partial charge in [-0.2, -0.15) is 0 Å². The van der Waals surface area contributed by atoms with Gasteiger partial charge in [-0.1, -0.05) is 17.7 Å². The highest BCUT2D eigenvalue weighted by Crippen LogP contribution is 2.38. The lowest BCUT2D eigenvalue weighted by Crippen LogP contribution is -2.24. The number of halogens is 2. The number of amides is 1. The zero-order valence-electron chi connectivity index (χ0n) is 15.3. The highest BCUT2D eigenvalue weighted by molar-refractivity contribution is 7.99. The van der Waals surface area contributed by atoms with Crippen molar-refractivity contribution in [2.75, 3.05) is 27.1 Å². The third kappa shape index (κ3) is 5.68. The van der Waals surface area contributed by atoms with E-state index in [1.807, 2.05) is 0 Å². The quantitative estimate of drug-likeness (QED) is 0.672. The maximum absolute atomic E-state index is 13.7. The van der Waals surface area contributed by atoms with Crippen LogP contribution in [0.25, 0.3) is 0 Å². The topological polar surface area (TPSA) is 56.8 Å². The third-order valence-corrected chi connectivity index (χ3v) is 5.07. The van der Waals surface area contributed by atoms with Gasteiger partial charge < -0.3 is 19.5 Å². The first-order chi connectivity index (χ1) is 13.0. The number of nitrogens with one attached hydrogen (secondary N) is 1. The molecule has 2 aromatic carbocycles.